The van der Waals surface area contributed by atoms with E-state index in [4.69, 9.17) is 4.74 Å². The summed E-state index contributed by atoms with van der Waals surface area (Å²) in [5.41, 5.74) is 3.27. The summed E-state index contributed by atoms with van der Waals surface area (Å²) in [5.74, 6) is -1.31. The highest BCUT2D eigenvalue weighted by Gasteiger charge is 2.51. The molecule has 2 rings (SSSR count). The van der Waals surface area contributed by atoms with Crippen molar-refractivity contribution >= 4 is 11.8 Å². The van der Waals surface area contributed by atoms with E-state index in [1.54, 1.807) is 0 Å². The van der Waals surface area contributed by atoms with Gasteiger partial charge in [-0.15, -0.1) is 0 Å². The van der Waals surface area contributed by atoms with Crippen LogP contribution in [0.25, 0.3) is 0 Å². The average molecular weight is 445 g/mol. The SMILES string of the molecule is CC(=O)OC[C@H](C)C1=C(O)C(=O)[C@@]2(C)C/C=C(\C)CC/C=C(\C)CC[C@@H](O)/C(C)=C/C[C@H]12. The second-order valence-electron chi connectivity index (χ2n) is 9.89. The number of esters is 1. The first-order valence-electron chi connectivity index (χ1n) is 11.7. The summed E-state index contributed by atoms with van der Waals surface area (Å²) in [4.78, 5) is 24.6. The van der Waals surface area contributed by atoms with Crippen molar-refractivity contribution in [1.29, 1.82) is 0 Å². The van der Waals surface area contributed by atoms with Crippen LogP contribution in [-0.4, -0.2) is 34.7 Å². The van der Waals surface area contributed by atoms with Crippen LogP contribution in [0, 0.1) is 17.3 Å². The Labute approximate surface area is 192 Å². The standard InChI is InChI=1S/C27H40O5/c1-17-8-7-9-18(2)14-15-27(6)22(12-11-19(3)23(29)13-10-17)24(25(30)26(27)31)20(4)16-32-21(5)28/h8,11,14,20,22-23,29-30H,7,9-10,12-13,15-16H2,1-6H3/b17-8+,18-14+,19-11+/t20-,22+,23+,27-/m0/s1. The number of carbonyl (C=O) groups is 2. The molecule has 0 aromatic rings. The summed E-state index contributed by atoms with van der Waals surface area (Å²) in [6.45, 7) is 11.4. The van der Waals surface area contributed by atoms with Crippen molar-refractivity contribution in [1.82, 2.24) is 0 Å². The van der Waals surface area contributed by atoms with Crippen molar-refractivity contribution in [3.8, 4) is 0 Å². The van der Waals surface area contributed by atoms with E-state index in [1.807, 2.05) is 26.8 Å². The first-order valence-corrected chi connectivity index (χ1v) is 11.7. The molecule has 0 bridgehead atoms. The zero-order valence-electron chi connectivity index (χ0n) is 20.5. The molecule has 0 unspecified atom stereocenters. The van der Waals surface area contributed by atoms with Crippen molar-refractivity contribution in [2.45, 2.75) is 86.2 Å². The number of fused-ring (bicyclic) bond motifs is 1. The molecule has 4 atom stereocenters. The lowest BCUT2D eigenvalue weighted by Crippen LogP contribution is -2.32. The van der Waals surface area contributed by atoms with Crippen molar-refractivity contribution in [3.63, 3.8) is 0 Å². The normalized spacial score (nSPS) is 34.1. The van der Waals surface area contributed by atoms with Gasteiger partial charge in [0.25, 0.3) is 0 Å². The maximum Gasteiger partial charge on any atom is 0.302 e. The second-order valence-corrected chi connectivity index (χ2v) is 9.89. The third-order valence-corrected chi connectivity index (χ3v) is 7.14. The lowest BCUT2D eigenvalue weighted by molar-refractivity contribution is -0.141. The molecule has 5 nitrogen and oxygen atoms in total. The van der Waals surface area contributed by atoms with Gasteiger partial charge in [-0.05, 0) is 70.4 Å². The van der Waals surface area contributed by atoms with Gasteiger partial charge in [-0.2, -0.15) is 0 Å². The number of hydrogen-bond donors (Lipinski definition) is 2. The number of ether oxygens (including phenoxy) is 1. The number of aliphatic hydroxyl groups excluding tert-OH is 2. The largest absolute Gasteiger partial charge is 0.504 e. The number of ketones is 1. The highest BCUT2D eigenvalue weighted by molar-refractivity contribution is 6.02. The van der Waals surface area contributed by atoms with E-state index in [9.17, 15) is 19.8 Å². The zero-order valence-corrected chi connectivity index (χ0v) is 20.5. The van der Waals surface area contributed by atoms with Crippen molar-refractivity contribution in [2.24, 2.45) is 17.3 Å². The Hall–Kier alpha value is -2.14. The topological polar surface area (TPSA) is 83.8 Å². The van der Waals surface area contributed by atoms with Crippen LogP contribution in [0.1, 0.15) is 80.1 Å². The lowest BCUT2D eigenvalue weighted by Gasteiger charge is -2.32. The average Bonchev–Trinajstić information content (AvgIpc) is 2.92. The van der Waals surface area contributed by atoms with E-state index in [-0.39, 0.29) is 36.0 Å². The molecule has 0 aliphatic heterocycles. The van der Waals surface area contributed by atoms with Crippen LogP contribution in [0.2, 0.25) is 0 Å². The smallest absolute Gasteiger partial charge is 0.302 e. The van der Waals surface area contributed by atoms with Crippen molar-refractivity contribution in [2.75, 3.05) is 6.61 Å². The van der Waals surface area contributed by atoms with Crippen LogP contribution in [0.3, 0.4) is 0 Å². The minimum Gasteiger partial charge on any atom is -0.504 e. The van der Waals surface area contributed by atoms with E-state index in [1.165, 1.54) is 18.1 Å². The molecular formula is C27H40O5. The predicted octanol–water partition coefficient (Wildman–Crippen LogP) is 5.76. The zero-order chi connectivity index (χ0) is 24.1. The van der Waals surface area contributed by atoms with Gasteiger partial charge in [-0.3, -0.25) is 9.59 Å². The van der Waals surface area contributed by atoms with Gasteiger partial charge >= 0.3 is 5.97 Å². The number of Topliss-reactive ketones (excluding diaryl/α,β-unsaturated/α-hetero) is 1. The van der Waals surface area contributed by atoms with Gasteiger partial charge in [0.15, 0.2) is 5.76 Å². The molecule has 0 saturated carbocycles. The summed E-state index contributed by atoms with van der Waals surface area (Å²) in [6, 6.07) is 0. The van der Waals surface area contributed by atoms with Gasteiger partial charge < -0.3 is 14.9 Å². The van der Waals surface area contributed by atoms with Gasteiger partial charge in [0.1, 0.15) is 0 Å². The Kier molecular flexibility index (Phi) is 9.08. The molecular weight excluding hydrogens is 404 g/mol. The third kappa shape index (κ3) is 6.22. The maximum atomic E-state index is 13.3. The Bertz CT molecular complexity index is 844. The monoisotopic (exact) mass is 444 g/mol. The van der Waals surface area contributed by atoms with Gasteiger partial charge in [-0.25, -0.2) is 0 Å². The quantitative estimate of drug-likeness (QED) is 0.427. The first kappa shape index (κ1) is 26.1. The molecule has 0 heterocycles. The van der Waals surface area contributed by atoms with Crippen LogP contribution in [0.5, 0.6) is 0 Å². The Morgan fingerprint density at radius 2 is 1.84 bits per heavy atom. The molecule has 2 aliphatic carbocycles. The summed E-state index contributed by atoms with van der Waals surface area (Å²) >= 11 is 0. The van der Waals surface area contributed by atoms with Crippen LogP contribution >= 0.6 is 0 Å². The molecule has 0 aromatic carbocycles. The lowest BCUT2D eigenvalue weighted by atomic mass is 9.70. The molecule has 0 spiro atoms. The number of aliphatic hydroxyl groups is 2. The maximum absolute atomic E-state index is 13.3. The van der Waals surface area contributed by atoms with Crippen molar-refractivity contribution < 1.29 is 24.5 Å². The minimum absolute atomic E-state index is 0.125. The summed E-state index contributed by atoms with van der Waals surface area (Å²) in [5, 5.41) is 21.5. The highest BCUT2D eigenvalue weighted by atomic mass is 16.5. The van der Waals surface area contributed by atoms with Gasteiger partial charge in [0.2, 0.25) is 5.78 Å². The third-order valence-electron chi connectivity index (χ3n) is 7.14. The second kappa shape index (κ2) is 11.1. The van der Waals surface area contributed by atoms with Gasteiger partial charge in [0, 0.05) is 24.2 Å². The van der Waals surface area contributed by atoms with Gasteiger partial charge in [-0.1, -0.05) is 43.2 Å². The fourth-order valence-electron chi connectivity index (χ4n) is 4.77. The van der Waals surface area contributed by atoms with E-state index in [0.29, 0.717) is 24.8 Å². The molecule has 178 valence electrons. The molecule has 0 fully saturated rings. The number of carbonyl (C=O) groups excluding carboxylic acids is 2. The van der Waals surface area contributed by atoms with E-state index in [0.717, 1.165) is 24.8 Å². The Morgan fingerprint density at radius 1 is 1.19 bits per heavy atom. The highest BCUT2D eigenvalue weighted by Crippen LogP contribution is 2.50. The molecule has 0 amide bonds. The van der Waals surface area contributed by atoms with Gasteiger partial charge in [0.05, 0.1) is 12.7 Å². The van der Waals surface area contributed by atoms with Crippen LogP contribution in [0.4, 0.5) is 0 Å². The molecule has 0 aromatic heterocycles. The number of rotatable bonds is 3. The molecule has 32 heavy (non-hydrogen) atoms. The van der Waals surface area contributed by atoms with Crippen LogP contribution in [-0.2, 0) is 14.3 Å². The molecule has 2 N–H and O–H groups in total. The number of allylic oxidation sites excluding steroid dienone is 6. The number of hydrogen-bond acceptors (Lipinski definition) is 5. The van der Waals surface area contributed by atoms with E-state index in [2.05, 4.69) is 26.0 Å². The molecule has 0 radical (unpaired) electrons. The van der Waals surface area contributed by atoms with Crippen LogP contribution in [0.15, 0.2) is 46.3 Å². The molecule has 2 aliphatic rings. The minimum atomic E-state index is -0.779. The molecule has 0 saturated heterocycles. The first-order chi connectivity index (χ1) is 15.0. The fraction of sp³-hybridized carbons (Fsp3) is 0.630. The molecule has 5 heteroatoms. The summed E-state index contributed by atoms with van der Waals surface area (Å²) < 4.78 is 5.19. The van der Waals surface area contributed by atoms with Crippen molar-refractivity contribution in [3.05, 3.63) is 46.3 Å². The Morgan fingerprint density at radius 3 is 2.50 bits per heavy atom. The van der Waals surface area contributed by atoms with E-state index >= 15 is 0 Å². The van der Waals surface area contributed by atoms with Crippen LogP contribution < -0.4 is 0 Å². The summed E-state index contributed by atoms with van der Waals surface area (Å²) in [6.07, 6.45) is 10.3. The predicted molar refractivity (Wildman–Crippen MR) is 127 cm³/mol. The fourth-order valence-corrected chi connectivity index (χ4v) is 4.77. The van der Waals surface area contributed by atoms with E-state index < -0.39 is 11.5 Å². The summed E-state index contributed by atoms with van der Waals surface area (Å²) in [7, 11) is 0. The Balaban J connectivity index is 2.45.